The number of ether oxygens (including phenoxy) is 1. The molecule has 5 nitrogen and oxygen atoms in total. The Kier molecular flexibility index (Phi) is 4.58. The third-order valence-electron chi connectivity index (χ3n) is 4.26. The Morgan fingerprint density at radius 3 is 2.77 bits per heavy atom. The largest absolute Gasteiger partial charge is 0.488 e. The van der Waals surface area contributed by atoms with Crippen molar-refractivity contribution in [2.75, 3.05) is 11.9 Å². The van der Waals surface area contributed by atoms with Crippen molar-refractivity contribution in [1.29, 1.82) is 0 Å². The first-order valence-electron chi connectivity index (χ1n) is 8.49. The van der Waals surface area contributed by atoms with E-state index in [1.54, 1.807) is 11.3 Å². The average Bonchev–Trinajstić information content (AvgIpc) is 3.26. The zero-order chi connectivity index (χ0) is 17.9. The van der Waals surface area contributed by atoms with E-state index in [0.717, 1.165) is 34.1 Å². The van der Waals surface area contributed by atoms with E-state index in [1.165, 1.54) is 5.56 Å². The number of urea groups is 1. The van der Waals surface area contributed by atoms with Crippen molar-refractivity contribution >= 4 is 23.1 Å². The van der Waals surface area contributed by atoms with Crippen LogP contribution in [0, 0.1) is 6.92 Å². The lowest BCUT2D eigenvalue weighted by atomic mass is 10.1. The van der Waals surface area contributed by atoms with Gasteiger partial charge in [-0.25, -0.2) is 9.78 Å². The van der Waals surface area contributed by atoms with Crippen LogP contribution >= 0.6 is 11.3 Å². The quantitative estimate of drug-likeness (QED) is 0.727. The SMILES string of the molecule is Cc1nc(-c2ccc(NC(=O)NCC3Cc4ccccc4O3)cc2)cs1. The van der Waals surface area contributed by atoms with Crippen LogP contribution in [0.25, 0.3) is 11.3 Å². The van der Waals surface area contributed by atoms with Crippen LogP contribution < -0.4 is 15.4 Å². The molecule has 1 unspecified atom stereocenters. The van der Waals surface area contributed by atoms with Crippen molar-refractivity contribution in [2.45, 2.75) is 19.4 Å². The summed E-state index contributed by atoms with van der Waals surface area (Å²) in [6, 6.07) is 15.4. The van der Waals surface area contributed by atoms with Crippen LogP contribution in [-0.4, -0.2) is 23.7 Å². The Labute approximate surface area is 156 Å². The molecule has 1 aliphatic heterocycles. The number of nitrogens with one attached hydrogen (secondary N) is 2. The van der Waals surface area contributed by atoms with Gasteiger partial charge in [0.25, 0.3) is 0 Å². The molecule has 2 N–H and O–H groups in total. The summed E-state index contributed by atoms with van der Waals surface area (Å²) in [6.07, 6.45) is 0.798. The Morgan fingerprint density at radius 1 is 1.23 bits per heavy atom. The smallest absolute Gasteiger partial charge is 0.319 e. The number of aromatic nitrogens is 1. The van der Waals surface area contributed by atoms with Gasteiger partial charge in [0, 0.05) is 23.1 Å². The molecular formula is C20H19N3O2S. The van der Waals surface area contributed by atoms with Crippen molar-refractivity contribution < 1.29 is 9.53 Å². The van der Waals surface area contributed by atoms with E-state index < -0.39 is 0 Å². The number of anilines is 1. The van der Waals surface area contributed by atoms with Gasteiger partial charge >= 0.3 is 6.03 Å². The molecule has 6 heteroatoms. The highest BCUT2D eigenvalue weighted by molar-refractivity contribution is 7.09. The molecule has 0 aliphatic carbocycles. The maximum Gasteiger partial charge on any atom is 0.319 e. The number of amides is 2. The summed E-state index contributed by atoms with van der Waals surface area (Å²) in [4.78, 5) is 16.6. The molecule has 2 amide bonds. The van der Waals surface area contributed by atoms with Gasteiger partial charge in [-0.1, -0.05) is 30.3 Å². The fraction of sp³-hybridized carbons (Fsp3) is 0.200. The summed E-state index contributed by atoms with van der Waals surface area (Å²) in [5.74, 6) is 0.910. The maximum atomic E-state index is 12.1. The first-order valence-corrected chi connectivity index (χ1v) is 9.37. The number of aryl methyl sites for hydroxylation is 1. The molecule has 1 aromatic heterocycles. The molecule has 26 heavy (non-hydrogen) atoms. The molecular weight excluding hydrogens is 346 g/mol. The lowest BCUT2D eigenvalue weighted by Gasteiger charge is -2.13. The molecule has 1 aliphatic rings. The van der Waals surface area contributed by atoms with Crippen LogP contribution in [0.5, 0.6) is 5.75 Å². The minimum atomic E-state index is -0.234. The second-order valence-electron chi connectivity index (χ2n) is 6.22. The Bertz CT molecular complexity index is 896. The van der Waals surface area contributed by atoms with E-state index in [1.807, 2.05) is 54.8 Å². The summed E-state index contributed by atoms with van der Waals surface area (Å²) < 4.78 is 5.83. The van der Waals surface area contributed by atoms with Gasteiger partial charge in [-0.3, -0.25) is 0 Å². The minimum absolute atomic E-state index is 0.0200. The third-order valence-corrected chi connectivity index (χ3v) is 5.04. The highest BCUT2D eigenvalue weighted by Gasteiger charge is 2.22. The van der Waals surface area contributed by atoms with Gasteiger partial charge in [0.15, 0.2) is 0 Å². The second kappa shape index (κ2) is 7.17. The fourth-order valence-corrected chi connectivity index (χ4v) is 3.59. The van der Waals surface area contributed by atoms with Crippen molar-refractivity contribution in [1.82, 2.24) is 10.3 Å². The normalized spacial score (nSPS) is 15.2. The van der Waals surface area contributed by atoms with Gasteiger partial charge in [-0.2, -0.15) is 0 Å². The lowest BCUT2D eigenvalue weighted by Crippen LogP contribution is -2.37. The highest BCUT2D eigenvalue weighted by Crippen LogP contribution is 2.27. The first kappa shape index (κ1) is 16.6. The van der Waals surface area contributed by atoms with Gasteiger partial charge in [-0.05, 0) is 30.7 Å². The van der Waals surface area contributed by atoms with Crippen LogP contribution in [0.3, 0.4) is 0 Å². The molecule has 0 fully saturated rings. The van der Waals surface area contributed by atoms with Gasteiger partial charge in [0.05, 0.1) is 17.2 Å². The molecule has 1 atom stereocenters. The van der Waals surface area contributed by atoms with Crippen molar-refractivity contribution in [3.05, 3.63) is 64.5 Å². The van der Waals surface area contributed by atoms with Crippen LogP contribution in [0.15, 0.2) is 53.9 Å². The van der Waals surface area contributed by atoms with E-state index in [9.17, 15) is 4.79 Å². The summed E-state index contributed by atoms with van der Waals surface area (Å²) in [5.41, 5.74) is 3.93. The zero-order valence-electron chi connectivity index (χ0n) is 14.4. The molecule has 2 heterocycles. The fourth-order valence-electron chi connectivity index (χ4n) is 2.97. The van der Waals surface area contributed by atoms with Crippen molar-refractivity contribution in [3.63, 3.8) is 0 Å². The number of thiazole rings is 1. The number of hydrogen-bond donors (Lipinski definition) is 2. The predicted molar refractivity (Wildman–Crippen MR) is 104 cm³/mol. The number of benzene rings is 2. The number of fused-ring (bicyclic) bond motifs is 1. The minimum Gasteiger partial charge on any atom is -0.488 e. The molecule has 3 aromatic rings. The number of hydrogen-bond acceptors (Lipinski definition) is 4. The molecule has 0 radical (unpaired) electrons. The van der Waals surface area contributed by atoms with E-state index in [2.05, 4.69) is 21.7 Å². The molecule has 2 aromatic carbocycles. The number of para-hydroxylation sites is 1. The van der Waals surface area contributed by atoms with Crippen LogP contribution in [0.2, 0.25) is 0 Å². The molecule has 0 spiro atoms. The third kappa shape index (κ3) is 3.70. The molecule has 0 bridgehead atoms. The number of carbonyl (C=O) groups is 1. The standard InChI is InChI=1S/C20H19N3O2S/c1-13-22-18(12-26-13)14-6-8-16(9-7-14)23-20(24)21-11-17-10-15-4-2-3-5-19(15)25-17/h2-9,12,17H,10-11H2,1H3,(H2,21,23,24). The molecule has 132 valence electrons. The summed E-state index contributed by atoms with van der Waals surface area (Å²) >= 11 is 1.63. The second-order valence-corrected chi connectivity index (χ2v) is 7.28. The van der Waals surface area contributed by atoms with Crippen molar-refractivity contribution in [3.8, 4) is 17.0 Å². The number of nitrogens with zero attached hydrogens (tertiary/aromatic N) is 1. The van der Waals surface area contributed by atoms with E-state index in [-0.39, 0.29) is 12.1 Å². The van der Waals surface area contributed by atoms with Gasteiger partial charge in [0.2, 0.25) is 0 Å². The van der Waals surface area contributed by atoms with Crippen LogP contribution in [0.1, 0.15) is 10.6 Å². The topological polar surface area (TPSA) is 63.2 Å². The average molecular weight is 365 g/mol. The highest BCUT2D eigenvalue weighted by atomic mass is 32.1. The van der Waals surface area contributed by atoms with Gasteiger partial charge < -0.3 is 15.4 Å². The van der Waals surface area contributed by atoms with Crippen LogP contribution in [0.4, 0.5) is 10.5 Å². The van der Waals surface area contributed by atoms with E-state index in [0.29, 0.717) is 6.54 Å². The summed E-state index contributed by atoms with van der Waals surface area (Å²) in [5, 5.41) is 8.79. The Hall–Kier alpha value is -2.86. The van der Waals surface area contributed by atoms with E-state index in [4.69, 9.17) is 4.74 Å². The van der Waals surface area contributed by atoms with Gasteiger partial charge in [0.1, 0.15) is 11.9 Å². The zero-order valence-corrected chi connectivity index (χ0v) is 15.2. The molecule has 0 saturated heterocycles. The lowest BCUT2D eigenvalue weighted by molar-refractivity contribution is 0.219. The van der Waals surface area contributed by atoms with Gasteiger partial charge in [-0.15, -0.1) is 11.3 Å². The molecule has 4 rings (SSSR count). The predicted octanol–water partition coefficient (Wildman–Crippen LogP) is 4.24. The number of rotatable bonds is 4. The first-order chi connectivity index (χ1) is 12.7. The van der Waals surface area contributed by atoms with Crippen LogP contribution in [-0.2, 0) is 6.42 Å². The summed E-state index contributed by atoms with van der Waals surface area (Å²) in [7, 11) is 0. The maximum absolute atomic E-state index is 12.1. The summed E-state index contributed by atoms with van der Waals surface area (Å²) in [6.45, 7) is 2.46. The van der Waals surface area contributed by atoms with E-state index >= 15 is 0 Å². The Morgan fingerprint density at radius 2 is 2.04 bits per heavy atom. The van der Waals surface area contributed by atoms with Crippen molar-refractivity contribution in [2.24, 2.45) is 0 Å². The number of carbonyl (C=O) groups excluding carboxylic acids is 1. The Balaban J connectivity index is 1.29. The monoisotopic (exact) mass is 365 g/mol. The molecule has 0 saturated carbocycles.